The molecule has 5 rings (SSSR count). The minimum atomic E-state index is -0.0727. The molecule has 1 N–H and O–H groups in total. The molecule has 5 aromatic rings. The van der Waals surface area contributed by atoms with Crippen molar-refractivity contribution in [2.45, 2.75) is 13.1 Å². The summed E-state index contributed by atoms with van der Waals surface area (Å²) in [6.45, 7) is 0.601. The molecule has 0 fully saturated rings. The Morgan fingerprint density at radius 3 is 2.64 bits per heavy atom. The molecular weight excluding hydrogens is 414 g/mol. The zero-order valence-corrected chi connectivity index (χ0v) is 18.2. The standard InChI is InChI=1S/C26H23N5O2/c1-33-23-7-8-24-20(15-23)11-14-30(24)18-25(32)28-16-21-17-31(22-5-3-2-4-6-22)29-26(21)19-9-12-27-13-10-19/h2-15,17H,16,18H2,1H3,(H,28,32). The smallest absolute Gasteiger partial charge is 0.240 e. The lowest BCUT2D eigenvalue weighted by molar-refractivity contribution is -0.121. The third kappa shape index (κ3) is 4.34. The molecule has 0 radical (unpaired) electrons. The van der Waals surface area contributed by atoms with Crippen LogP contribution in [0.15, 0.2) is 91.5 Å². The van der Waals surface area contributed by atoms with Gasteiger partial charge in [0.1, 0.15) is 12.3 Å². The molecule has 0 spiro atoms. The normalized spacial score (nSPS) is 10.9. The van der Waals surface area contributed by atoms with Gasteiger partial charge in [0.25, 0.3) is 0 Å². The number of nitrogens with zero attached hydrogens (tertiary/aromatic N) is 4. The van der Waals surface area contributed by atoms with E-state index in [1.54, 1.807) is 19.5 Å². The van der Waals surface area contributed by atoms with Crippen molar-refractivity contribution < 1.29 is 9.53 Å². The first-order chi connectivity index (χ1) is 16.2. The van der Waals surface area contributed by atoms with Crippen LogP contribution < -0.4 is 10.1 Å². The number of rotatable bonds is 7. The first-order valence-corrected chi connectivity index (χ1v) is 10.7. The van der Waals surface area contributed by atoms with Gasteiger partial charge in [-0.15, -0.1) is 0 Å². The van der Waals surface area contributed by atoms with Crippen LogP contribution in [0.25, 0.3) is 27.8 Å². The predicted octanol–water partition coefficient (Wildman–Crippen LogP) is 4.21. The van der Waals surface area contributed by atoms with Crippen molar-refractivity contribution in [3.05, 3.63) is 97.1 Å². The topological polar surface area (TPSA) is 74.0 Å². The van der Waals surface area contributed by atoms with Gasteiger partial charge in [-0.25, -0.2) is 4.68 Å². The van der Waals surface area contributed by atoms with E-state index in [4.69, 9.17) is 9.84 Å². The molecule has 3 aromatic heterocycles. The van der Waals surface area contributed by atoms with Gasteiger partial charge in [0.05, 0.1) is 18.5 Å². The summed E-state index contributed by atoms with van der Waals surface area (Å²) in [6.07, 6.45) is 7.36. The number of fused-ring (bicyclic) bond motifs is 1. The van der Waals surface area contributed by atoms with Crippen LogP contribution >= 0.6 is 0 Å². The van der Waals surface area contributed by atoms with Crippen molar-refractivity contribution in [3.8, 4) is 22.7 Å². The van der Waals surface area contributed by atoms with Crippen LogP contribution in [0.4, 0.5) is 0 Å². The Balaban J connectivity index is 1.35. The van der Waals surface area contributed by atoms with Crippen LogP contribution in [0.5, 0.6) is 5.75 Å². The second-order valence-electron chi connectivity index (χ2n) is 7.66. The van der Waals surface area contributed by atoms with E-state index in [1.807, 2.05) is 88.4 Å². The molecule has 0 saturated heterocycles. The molecule has 0 unspecified atom stereocenters. The van der Waals surface area contributed by atoms with E-state index in [-0.39, 0.29) is 12.5 Å². The molecular formula is C26H23N5O2. The summed E-state index contributed by atoms with van der Waals surface area (Å²) in [5.74, 6) is 0.722. The van der Waals surface area contributed by atoms with E-state index in [2.05, 4.69) is 10.3 Å². The number of nitrogens with one attached hydrogen (secondary N) is 1. The van der Waals surface area contributed by atoms with Crippen molar-refractivity contribution in [2.75, 3.05) is 7.11 Å². The molecule has 0 atom stereocenters. The van der Waals surface area contributed by atoms with Crippen molar-refractivity contribution in [1.29, 1.82) is 0 Å². The van der Waals surface area contributed by atoms with E-state index >= 15 is 0 Å². The van der Waals surface area contributed by atoms with Crippen molar-refractivity contribution >= 4 is 16.8 Å². The van der Waals surface area contributed by atoms with Gasteiger partial charge in [0, 0.05) is 53.4 Å². The number of methoxy groups -OCH3 is 1. The highest BCUT2D eigenvalue weighted by atomic mass is 16.5. The van der Waals surface area contributed by atoms with E-state index in [0.29, 0.717) is 6.54 Å². The van der Waals surface area contributed by atoms with Crippen LogP contribution in [0.1, 0.15) is 5.56 Å². The second-order valence-corrected chi connectivity index (χ2v) is 7.66. The Hall–Kier alpha value is -4.39. The highest BCUT2D eigenvalue weighted by Gasteiger charge is 2.14. The number of para-hydroxylation sites is 1. The summed E-state index contributed by atoms with van der Waals surface area (Å²) in [5.41, 5.74) is 4.65. The van der Waals surface area contributed by atoms with Gasteiger partial charge in [0.15, 0.2) is 0 Å². The fraction of sp³-hybridized carbons (Fsp3) is 0.115. The molecule has 0 aliphatic carbocycles. The van der Waals surface area contributed by atoms with E-state index < -0.39 is 0 Å². The lowest BCUT2D eigenvalue weighted by atomic mass is 10.1. The number of ether oxygens (including phenoxy) is 1. The molecule has 0 aliphatic heterocycles. The summed E-state index contributed by atoms with van der Waals surface area (Å²) < 4.78 is 9.05. The summed E-state index contributed by atoms with van der Waals surface area (Å²) in [4.78, 5) is 16.9. The zero-order chi connectivity index (χ0) is 22.6. The first kappa shape index (κ1) is 20.5. The Morgan fingerprint density at radius 1 is 1.03 bits per heavy atom. The minimum Gasteiger partial charge on any atom is -0.497 e. The van der Waals surface area contributed by atoms with Gasteiger partial charge < -0.3 is 14.6 Å². The second kappa shape index (κ2) is 9.00. The molecule has 0 bridgehead atoms. The fourth-order valence-corrected chi connectivity index (χ4v) is 3.85. The molecule has 164 valence electrons. The van der Waals surface area contributed by atoms with Crippen molar-refractivity contribution in [3.63, 3.8) is 0 Å². The highest BCUT2D eigenvalue weighted by Crippen LogP contribution is 2.24. The molecule has 2 aromatic carbocycles. The average molecular weight is 438 g/mol. The maximum absolute atomic E-state index is 12.8. The molecule has 7 heteroatoms. The summed E-state index contributed by atoms with van der Waals surface area (Å²) in [6, 6.07) is 21.6. The maximum atomic E-state index is 12.8. The largest absolute Gasteiger partial charge is 0.497 e. The number of carbonyl (C=O) groups is 1. The Morgan fingerprint density at radius 2 is 1.85 bits per heavy atom. The SMILES string of the molecule is COc1ccc2c(ccn2CC(=O)NCc2cn(-c3ccccc3)nc2-c2ccncc2)c1. The molecule has 1 amide bonds. The average Bonchev–Trinajstić information content (AvgIpc) is 3.48. The van der Waals surface area contributed by atoms with Crippen molar-refractivity contribution in [2.24, 2.45) is 0 Å². The van der Waals surface area contributed by atoms with Crippen LogP contribution in [0.3, 0.4) is 0 Å². The van der Waals surface area contributed by atoms with Gasteiger partial charge >= 0.3 is 0 Å². The summed E-state index contributed by atoms with van der Waals surface area (Å²) in [7, 11) is 1.64. The third-order valence-electron chi connectivity index (χ3n) is 5.53. The quantitative estimate of drug-likeness (QED) is 0.414. The molecule has 33 heavy (non-hydrogen) atoms. The first-order valence-electron chi connectivity index (χ1n) is 10.7. The number of benzene rings is 2. The number of carbonyl (C=O) groups excluding carboxylic acids is 1. The molecule has 0 aliphatic rings. The van der Waals surface area contributed by atoms with Gasteiger partial charge in [-0.1, -0.05) is 18.2 Å². The maximum Gasteiger partial charge on any atom is 0.240 e. The Bertz CT molecular complexity index is 1390. The number of pyridine rings is 1. The number of hydrogen-bond donors (Lipinski definition) is 1. The van der Waals surface area contributed by atoms with Gasteiger partial charge in [-0.05, 0) is 48.5 Å². The van der Waals surface area contributed by atoms with E-state index in [0.717, 1.165) is 39.2 Å². The molecule has 3 heterocycles. The van der Waals surface area contributed by atoms with E-state index in [9.17, 15) is 4.79 Å². The molecule has 7 nitrogen and oxygen atoms in total. The Kier molecular flexibility index (Phi) is 5.59. The molecule has 0 saturated carbocycles. The van der Waals surface area contributed by atoms with Crippen molar-refractivity contribution in [1.82, 2.24) is 24.6 Å². The number of aromatic nitrogens is 4. The lowest BCUT2D eigenvalue weighted by Gasteiger charge is -2.08. The van der Waals surface area contributed by atoms with Gasteiger partial charge in [-0.2, -0.15) is 5.10 Å². The fourth-order valence-electron chi connectivity index (χ4n) is 3.85. The van der Waals surface area contributed by atoms with Crippen LogP contribution in [0.2, 0.25) is 0 Å². The lowest BCUT2D eigenvalue weighted by Crippen LogP contribution is -2.26. The number of amides is 1. The third-order valence-corrected chi connectivity index (χ3v) is 5.53. The Labute approximate surface area is 191 Å². The van der Waals surface area contributed by atoms with Crippen LogP contribution in [-0.4, -0.2) is 32.3 Å². The highest BCUT2D eigenvalue weighted by molar-refractivity contribution is 5.84. The number of hydrogen-bond acceptors (Lipinski definition) is 4. The monoisotopic (exact) mass is 437 g/mol. The summed E-state index contributed by atoms with van der Waals surface area (Å²) in [5, 5.41) is 8.86. The summed E-state index contributed by atoms with van der Waals surface area (Å²) >= 11 is 0. The van der Waals surface area contributed by atoms with Gasteiger partial charge in [0.2, 0.25) is 5.91 Å². The predicted molar refractivity (Wildman–Crippen MR) is 127 cm³/mol. The van der Waals surface area contributed by atoms with E-state index in [1.165, 1.54) is 0 Å². The zero-order valence-electron chi connectivity index (χ0n) is 18.2. The minimum absolute atomic E-state index is 0.0727. The van der Waals surface area contributed by atoms with Crippen LogP contribution in [0, 0.1) is 0 Å². The van der Waals surface area contributed by atoms with Gasteiger partial charge in [-0.3, -0.25) is 9.78 Å². The van der Waals surface area contributed by atoms with Crippen LogP contribution in [-0.2, 0) is 17.9 Å².